The summed E-state index contributed by atoms with van der Waals surface area (Å²) in [4.78, 5) is 24.6. The first-order valence-corrected chi connectivity index (χ1v) is 11.2. The number of nitrogen functional groups attached to an aromatic ring is 1. The van der Waals surface area contributed by atoms with Gasteiger partial charge in [-0.3, -0.25) is 4.79 Å². The van der Waals surface area contributed by atoms with Crippen LogP contribution in [0.3, 0.4) is 0 Å². The van der Waals surface area contributed by atoms with Crippen LogP contribution in [0.25, 0.3) is 22.3 Å². The van der Waals surface area contributed by atoms with Crippen LogP contribution in [-0.4, -0.2) is 27.4 Å². The maximum absolute atomic E-state index is 12.5. The minimum Gasteiger partial charge on any atom is -0.399 e. The van der Waals surface area contributed by atoms with E-state index in [1.807, 2.05) is 18.3 Å². The van der Waals surface area contributed by atoms with E-state index in [9.17, 15) is 4.79 Å². The van der Waals surface area contributed by atoms with Gasteiger partial charge in [-0.2, -0.15) is 0 Å². The minimum absolute atomic E-state index is 0.181. The third kappa shape index (κ3) is 3.23. The molecular weight excluding hydrogens is 398 g/mol. The Morgan fingerprint density at radius 1 is 1.09 bits per heavy atom. The fourth-order valence-electron chi connectivity index (χ4n) is 5.05. The zero-order valence-electron chi connectivity index (χ0n) is 17.8. The number of nitrogens with one attached hydrogen (secondary N) is 2. The topological polar surface area (TPSA) is 96.7 Å². The van der Waals surface area contributed by atoms with Gasteiger partial charge in [0.25, 0.3) is 0 Å². The number of aromatic amines is 1. The normalized spacial score (nSPS) is 19.8. The predicted molar refractivity (Wildman–Crippen MR) is 125 cm³/mol. The summed E-state index contributed by atoms with van der Waals surface area (Å²) in [6, 6.07) is 16.8. The van der Waals surface area contributed by atoms with Gasteiger partial charge in [-0.15, -0.1) is 0 Å². The number of amides is 1. The summed E-state index contributed by atoms with van der Waals surface area (Å²) in [5.41, 5.74) is 13.2. The number of carbonyl (C=O) groups excluding carboxylic acids is 1. The molecule has 0 bridgehead atoms. The highest BCUT2D eigenvalue weighted by molar-refractivity contribution is 5.90. The first-order valence-electron chi connectivity index (χ1n) is 11.2. The molecule has 6 heteroatoms. The molecule has 160 valence electrons. The number of aromatic nitrogens is 3. The molecule has 4 N–H and O–H groups in total. The summed E-state index contributed by atoms with van der Waals surface area (Å²) in [5, 5.41) is 4.26. The molecule has 2 aromatic heterocycles. The van der Waals surface area contributed by atoms with Crippen molar-refractivity contribution in [3.63, 3.8) is 0 Å². The van der Waals surface area contributed by atoms with Crippen molar-refractivity contribution in [2.45, 2.75) is 31.1 Å². The Balaban J connectivity index is 1.41. The zero-order valence-corrected chi connectivity index (χ0v) is 17.8. The maximum atomic E-state index is 12.5. The summed E-state index contributed by atoms with van der Waals surface area (Å²) in [5.74, 6) is 0.376. The Kier molecular flexibility index (Phi) is 4.28. The van der Waals surface area contributed by atoms with Gasteiger partial charge in [0.05, 0.1) is 5.69 Å². The van der Waals surface area contributed by atoms with Gasteiger partial charge in [-0.25, -0.2) is 9.97 Å². The van der Waals surface area contributed by atoms with Crippen LogP contribution in [0.1, 0.15) is 29.5 Å². The second-order valence-electron chi connectivity index (χ2n) is 9.20. The number of nitrogens with two attached hydrogens (primary N) is 1. The number of rotatable bonds is 5. The van der Waals surface area contributed by atoms with Crippen molar-refractivity contribution in [1.82, 2.24) is 20.3 Å². The predicted octanol–water partition coefficient (Wildman–Crippen LogP) is 3.77. The lowest BCUT2D eigenvalue weighted by molar-refractivity contribution is -0.122. The van der Waals surface area contributed by atoms with Crippen molar-refractivity contribution in [3.8, 4) is 11.3 Å². The largest absolute Gasteiger partial charge is 0.399 e. The highest BCUT2D eigenvalue weighted by Crippen LogP contribution is 2.42. The molecular formula is C26H25N5O. The Hall–Kier alpha value is -3.67. The average molecular weight is 424 g/mol. The maximum Gasteiger partial charge on any atom is 0.223 e. The van der Waals surface area contributed by atoms with Gasteiger partial charge in [0.15, 0.2) is 0 Å². The lowest BCUT2D eigenvalue weighted by Crippen LogP contribution is -2.42. The number of carbonyl (C=O) groups is 1. The number of nitrogens with zero attached hydrogens (tertiary/aromatic N) is 2. The van der Waals surface area contributed by atoms with Crippen LogP contribution < -0.4 is 11.1 Å². The van der Waals surface area contributed by atoms with Crippen LogP contribution in [-0.2, 0) is 23.1 Å². The molecule has 0 radical (unpaired) electrons. The fraction of sp³-hybridized carbons (Fsp3) is 0.269. The number of anilines is 1. The van der Waals surface area contributed by atoms with Crippen molar-refractivity contribution >= 4 is 22.6 Å². The Labute approximate surface area is 186 Å². The molecule has 32 heavy (non-hydrogen) atoms. The standard InChI is InChI=1S/C26H25N5O/c27-21-7-6-18-12-26(13-19(18)11-21,14-29-25(32)16-4-5-16)20-3-1-2-17(10-20)23-22-8-9-28-24(22)31-15-30-23/h1-3,6-11,15-16H,4-5,12-14,27H2,(H,29,32)(H,28,30,31). The second kappa shape index (κ2) is 7.19. The van der Waals surface area contributed by atoms with E-state index in [0.29, 0.717) is 6.54 Å². The molecule has 0 spiro atoms. The highest BCUT2D eigenvalue weighted by Gasteiger charge is 2.40. The quantitative estimate of drug-likeness (QED) is 0.426. The zero-order chi connectivity index (χ0) is 21.7. The van der Waals surface area contributed by atoms with E-state index in [-0.39, 0.29) is 17.2 Å². The molecule has 0 saturated heterocycles. The van der Waals surface area contributed by atoms with Crippen molar-refractivity contribution in [1.29, 1.82) is 0 Å². The van der Waals surface area contributed by atoms with Crippen molar-refractivity contribution in [3.05, 3.63) is 77.7 Å². The van der Waals surface area contributed by atoms with E-state index < -0.39 is 0 Å². The first kappa shape index (κ1) is 19.0. The van der Waals surface area contributed by atoms with Gasteiger partial charge in [0.1, 0.15) is 12.0 Å². The molecule has 0 aliphatic heterocycles. The number of fused-ring (bicyclic) bond motifs is 2. The summed E-state index contributed by atoms with van der Waals surface area (Å²) in [6.07, 6.45) is 7.22. The summed E-state index contributed by atoms with van der Waals surface area (Å²) in [6.45, 7) is 0.615. The van der Waals surface area contributed by atoms with Gasteiger partial charge < -0.3 is 16.0 Å². The molecule has 1 fully saturated rings. The number of H-pyrrole nitrogens is 1. The minimum atomic E-state index is -0.207. The average Bonchev–Trinajstić information content (AvgIpc) is 3.43. The molecule has 6 rings (SSSR count). The Morgan fingerprint density at radius 2 is 1.97 bits per heavy atom. The molecule has 1 atom stereocenters. The summed E-state index contributed by atoms with van der Waals surface area (Å²) in [7, 11) is 0. The van der Waals surface area contributed by atoms with E-state index in [0.717, 1.165) is 53.7 Å². The van der Waals surface area contributed by atoms with Crippen LogP contribution in [0.15, 0.2) is 61.1 Å². The van der Waals surface area contributed by atoms with Crippen molar-refractivity contribution in [2.24, 2.45) is 5.92 Å². The first-order chi connectivity index (χ1) is 15.6. The van der Waals surface area contributed by atoms with Gasteiger partial charge in [0.2, 0.25) is 5.91 Å². The number of hydrogen-bond donors (Lipinski definition) is 3. The number of hydrogen-bond acceptors (Lipinski definition) is 4. The molecule has 2 aliphatic rings. The van der Waals surface area contributed by atoms with E-state index in [1.54, 1.807) is 6.33 Å². The lowest BCUT2D eigenvalue weighted by Gasteiger charge is -2.30. The van der Waals surface area contributed by atoms with Crippen LogP contribution in [0.4, 0.5) is 5.69 Å². The number of benzene rings is 2. The summed E-state index contributed by atoms with van der Waals surface area (Å²) < 4.78 is 0. The lowest BCUT2D eigenvalue weighted by atomic mass is 9.77. The van der Waals surface area contributed by atoms with Gasteiger partial charge >= 0.3 is 0 Å². The second-order valence-corrected chi connectivity index (χ2v) is 9.20. The highest BCUT2D eigenvalue weighted by atomic mass is 16.2. The fourth-order valence-corrected chi connectivity index (χ4v) is 5.05. The molecule has 2 aliphatic carbocycles. The Morgan fingerprint density at radius 3 is 2.84 bits per heavy atom. The molecule has 2 heterocycles. The molecule has 1 unspecified atom stereocenters. The summed E-state index contributed by atoms with van der Waals surface area (Å²) >= 11 is 0. The Bertz CT molecular complexity index is 1340. The smallest absolute Gasteiger partial charge is 0.223 e. The van der Waals surface area contributed by atoms with E-state index >= 15 is 0 Å². The molecule has 6 nitrogen and oxygen atoms in total. The molecule has 2 aromatic carbocycles. The van der Waals surface area contributed by atoms with Gasteiger partial charge in [0, 0.05) is 40.7 Å². The third-order valence-corrected chi connectivity index (χ3v) is 6.94. The monoisotopic (exact) mass is 423 g/mol. The van der Waals surface area contributed by atoms with E-state index in [4.69, 9.17) is 5.73 Å². The molecule has 1 amide bonds. The van der Waals surface area contributed by atoms with Crippen LogP contribution in [0.5, 0.6) is 0 Å². The molecule has 1 saturated carbocycles. The van der Waals surface area contributed by atoms with E-state index in [1.165, 1.54) is 16.7 Å². The van der Waals surface area contributed by atoms with Crippen LogP contribution >= 0.6 is 0 Å². The third-order valence-electron chi connectivity index (χ3n) is 6.94. The molecule has 4 aromatic rings. The van der Waals surface area contributed by atoms with Crippen LogP contribution in [0, 0.1) is 5.92 Å². The van der Waals surface area contributed by atoms with Crippen molar-refractivity contribution in [2.75, 3.05) is 12.3 Å². The van der Waals surface area contributed by atoms with Crippen LogP contribution in [0.2, 0.25) is 0 Å². The van der Waals surface area contributed by atoms with Crippen molar-refractivity contribution < 1.29 is 4.79 Å². The SMILES string of the molecule is Nc1ccc2c(c1)CC(CNC(=O)C1CC1)(c1cccc(-c3ncnc4[nH]ccc34)c1)C2. The van der Waals surface area contributed by atoms with Gasteiger partial charge in [-0.05, 0) is 66.6 Å². The van der Waals surface area contributed by atoms with Gasteiger partial charge in [-0.1, -0.05) is 24.3 Å². The van der Waals surface area contributed by atoms with E-state index in [2.05, 4.69) is 56.7 Å².